The van der Waals surface area contributed by atoms with Gasteiger partial charge in [-0.05, 0) is 50.1 Å². The van der Waals surface area contributed by atoms with Crippen molar-refractivity contribution in [1.82, 2.24) is 9.62 Å². The number of amides is 1. The van der Waals surface area contributed by atoms with Gasteiger partial charge in [-0.2, -0.15) is 9.57 Å². The molecule has 1 saturated heterocycles. The molecule has 0 radical (unpaired) electrons. The summed E-state index contributed by atoms with van der Waals surface area (Å²) in [6.07, 6.45) is 1.13. The molecule has 0 unspecified atom stereocenters. The third-order valence-electron chi connectivity index (χ3n) is 4.35. The van der Waals surface area contributed by atoms with E-state index in [4.69, 9.17) is 5.26 Å². The van der Waals surface area contributed by atoms with Gasteiger partial charge in [-0.25, -0.2) is 8.42 Å². The number of nitrogens with zero attached hydrogens (tertiary/aromatic N) is 2. The summed E-state index contributed by atoms with van der Waals surface area (Å²) in [6, 6.07) is 11.7. The number of hydrogen-bond acceptors (Lipinski definition) is 5. The summed E-state index contributed by atoms with van der Waals surface area (Å²) in [5.41, 5.74) is 0.319. The SMILES string of the molecule is Cc1ccc(C(=O)NC2CCN(S(=O)(=O)c3cccc(C#N)c3)CC2)s1. The highest BCUT2D eigenvalue weighted by Crippen LogP contribution is 2.22. The molecule has 2 aromatic rings. The van der Waals surface area contributed by atoms with E-state index in [1.54, 1.807) is 18.2 Å². The van der Waals surface area contributed by atoms with Gasteiger partial charge in [-0.1, -0.05) is 6.07 Å². The highest BCUT2D eigenvalue weighted by molar-refractivity contribution is 7.89. The van der Waals surface area contributed by atoms with Crippen molar-refractivity contribution < 1.29 is 13.2 Å². The second kappa shape index (κ2) is 7.58. The summed E-state index contributed by atoms with van der Waals surface area (Å²) in [6.45, 7) is 2.63. The maximum Gasteiger partial charge on any atom is 0.261 e. The molecule has 1 N–H and O–H groups in total. The molecule has 1 fully saturated rings. The second-order valence-electron chi connectivity index (χ2n) is 6.20. The van der Waals surface area contributed by atoms with E-state index in [2.05, 4.69) is 5.32 Å². The van der Waals surface area contributed by atoms with Crippen LogP contribution in [0.25, 0.3) is 0 Å². The first-order chi connectivity index (χ1) is 12.4. The summed E-state index contributed by atoms with van der Waals surface area (Å²) in [7, 11) is -3.62. The van der Waals surface area contributed by atoms with Gasteiger partial charge in [-0.15, -0.1) is 11.3 Å². The number of sulfonamides is 1. The number of hydrogen-bond donors (Lipinski definition) is 1. The minimum absolute atomic E-state index is 0.0400. The quantitative estimate of drug-likeness (QED) is 0.870. The van der Waals surface area contributed by atoms with Crippen LogP contribution in [0.4, 0.5) is 0 Å². The second-order valence-corrected chi connectivity index (χ2v) is 9.43. The molecule has 26 heavy (non-hydrogen) atoms. The summed E-state index contributed by atoms with van der Waals surface area (Å²) in [4.78, 5) is 14.1. The molecule has 0 bridgehead atoms. The Kier molecular flexibility index (Phi) is 5.41. The van der Waals surface area contributed by atoms with Gasteiger partial charge in [0.25, 0.3) is 5.91 Å². The zero-order valence-corrected chi connectivity index (χ0v) is 15.9. The number of thiophene rings is 1. The molecule has 6 nitrogen and oxygen atoms in total. The van der Waals surface area contributed by atoms with Gasteiger partial charge in [0.2, 0.25) is 10.0 Å². The van der Waals surface area contributed by atoms with Crippen molar-refractivity contribution in [3.05, 3.63) is 51.7 Å². The maximum atomic E-state index is 12.7. The summed E-state index contributed by atoms with van der Waals surface area (Å²) >= 11 is 1.45. The molecule has 3 rings (SSSR count). The van der Waals surface area contributed by atoms with Crippen molar-refractivity contribution in [2.45, 2.75) is 30.7 Å². The molecular weight excluding hydrogens is 370 g/mol. The molecule has 1 aliphatic rings. The first-order valence-electron chi connectivity index (χ1n) is 8.28. The molecule has 0 saturated carbocycles. The lowest BCUT2D eigenvalue weighted by Gasteiger charge is -2.31. The highest BCUT2D eigenvalue weighted by Gasteiger charge is 2.30. The lowest BCUT2D eigenvalue weighted by atomic mass is 10.1. The van der Waals surface area contributed by atoms with Crippen molar-refractivity contribution in [2.75, 3.05) is 13.1 Å². The molecule has 1 amide bonds. The van der Waals surface area contributed by atoms with Crippen LogP contribution in [0, 0.1) is 18.3 Å². The minimum Gasteiger partial charge on any atom is -0.349 e. The van der Waals surface area contributed by atoms with Gasteiger partial charge in [0.1, 0.15) is 0 Å². The van der Waals surface area contributed by atoms with Crippen molar-refractivity contribution in [3.63, 3.8) is 0 Å². The monoisotopic (exact) mass is 389 g/mol. The molecule has 0 spiro atoms. The van der Waals surface area contributed by atoms with E-state index >= 15 is 0 Å². The fourth-order valence-electron chi connectivity index (χ4n) is 2.93. The first kappa shape index (κ1) is 18.6. The Morgan fingerprint density at radius 3 is 2.62 bits per heavy atom. The molecule has 0 atom stereocenters. The number of benzene rings is 1. The molecule has 136 valence electrons. The number of nitriles is 1. The van der Waals surface area contributed by atoms with Crippen LogP contribution in [-0.2, 0) is 10.0 Å². The Bertz CT molecular complexity index is 952. The minimum atomic E-state index is -3.62. The molecule has 1 aliphatic heterocycles. The van der Waals surface area contributed by atoms with E-state index < -0.39 is 10.0 Å². The number of carbonyl (C=O) groups is 1. The van der Waals surface area contributed by atoms with Gasteiger partial charge in [0.05, 0.1) is 21.4 Å². The van der Waals surface area contributed by atoms with Crippen LogP contribution in [0.2, 0.25) is 0 Å². The zero-order chi connectivity index (χ0) is 18.7. The van der Waals surface area contributed by atoms with E-state index in [9.17, 15) is 13.2 Å². The Hall–Kier alpha value is -2.21. The zero-order valence-electron chi connectivity index (χ0n) is 14.3. The normalized spacial score (nSPS) is 16.2. The number of nitrogens with one attached hydrogen (secondary N) is 1. The predicted octanol–water partition coefficient (Wildman–Crippen LogP) is 2.51. The van der Waals surface area contributed by atoms with Gasteiger partial charge < -0.3 is 5.32 Å². The number of aryl methyl sites for hydroxylation is 1. The van der Waals surface area contributed by atoms with Crippen LogP contribution >= 0.6 is 11.3 Å². The highest BCUT2D eigenvalue weighted by atomic mass is 32.2. The number of carbonyl (C=O) groups excluding carboxylic acids is 1. The summed E-state index contributed by atoms with van der Waals surface area (Å²) in [5, 5.41) is 11.9. The average molecular weight is 390 g/mol. The molecule has 0 aliphatic carbocycles. The van der Waals surface area contributed by atoms with Crippen LogP contribution in [0.1, 0.15) is 33.0 Å². The molecular formula is C18H19N3O3S2. The van der Waals surface area contributed by atoms with Crippen LogP contribution in [0.3, 0.4) is 0 Å². The van der Waals surface area contributed by atoms with E-state index in [0.29, 0.717) is 36.4 Å². The van der Waals surface area contributed by atoms with Crippen molar-refractivity contribution >= 4 is 27.3 Å². The molecule has 1 aromatic carbocycles. The standard InChI is InChI=1S/C18H19N3O3S2/c1-13-5-6-17(25-13)18(22)20-15-7-9-21(10-8-15)26(23,24)16-4-2-3-14(11-16)12-19/h2-6,11,15H,7-10H2,1H3,(H,20,22). The first-order valence-corrected chi connectivity index (χ1v) is 10.5. The number of piperidine rings is 1. The van der Waals surface area contributed by atoms with E-state index in [1.165, 1.54) is 27.8 Å². The molecule has 1 aromatic heterocycles. The average Bonchev–Trinajstić information content (AvgIpc) is 3.09. The van der Waals surface area contributed by atoms with Crippen molar-refractivity contribution in [2.24, 2.45) is 0 Å². The van der Waals surface area contributed by atoms with Crippen molar-refractivity contribution in [1.29, 1.82) is 5.26 Å². The number of rotatable bonds is 4. The van der Waals surface area contributed by atoms with Crippen LogP contribution in [0.15, 0.2) is 41.3 Å². The molecule has 2 heterocycles. The van der Waals surface area contributed by atoms with Crippen molar-refractivity contribution in [3.8, 4) is 6.07 Å². The lowest BCUT2D eigenvalue weighted by molar-refractivity contribution is 0.0928. The third-order valence-corrected chi connectivity index (χ3v) is 7.25. The smallest absolute Gasteiger partial charge is 0.261 e. The van der Waals surface area contributed by atoms with Gasteiger partial charge in [0.15, 0.2) is 0 Å². The fraction of sp³-hybridized carbons (Fsp3) is 0.333. The Morgan fingerprint density at radius 2 is 2.00 bits per heavy atom. The van der Waals surface area contributed by atoms with E-state index in [0.717, 1.165) is 4.88 Å². The summed E-state index contributed by atoms with van der Waals surface area (Å²) in [5.74, 6) is -0.105. The van der Waals surface area contributed by atoms with Gasteiger partial charge in [-0.3, -0.25) is 4.79 Å². The maximum absolute atomic E-state index is 12.7. The Labute approximate surface area is 157 Å². The van der Waals surface area contributed by atoms with Gasteiger partial charge >= 0.3 is 0 Å². The molecule has 8 heteroatoms. The summed E-state index contributed by atoms with van der Waals surface area (Å²) < 4.78 is 26.9. The largest absolute Gasteiger partial charge is 0.349 e. The topological polar surface area (TPSA) is 90.3 Å². The Morgan fingerprint density at radius 1 is 1.27 bits per heavy atom. The lowest BCUT2D eigenvalue weighted by Crippen LogP contribution is -2.46. The van der Waals surface area contributed by atoms with Gasteiger partial charge in [0, 0.05) is 24.0 Å². The van der Waals surface area contributed by atoms with E-state index in [1.807, 2.05) is 19.1 Å². The fourth-order valence-corrected chi connectivity index (χ4v) is 5.22. The van der Waals surface area contributed by atoms with Crippen LogP contribution in [-0.4, -0.2) is 37.8 Å². The van der Waals surface area contributed by atoms with Crippen LogP contribution < -0.4 is 5.32 Å². The Balaban J connectivity index is 1.62. The van der Waals surface area contributed by atoms with Crippen LogP contribution in [0.5, 0.6) is 0 Å². The third kappa shape index (κ3) is 3.96. The van der Waals surface area contributed by atoms with E-state index in [-0.39, 0.29) is 16.8 Å². The predicted molar refractivity (Wildman–Crippen MR) is 99.5 cm³/mol.